The Hall–Kier alpha value is -3.25. The molecule has 1 saturated heterocycles. The van der Waals surface area contributed by atoms with Crippen molar-refractivity contribution in [3.05, 3.63) is 99.5 Å². The fourth-order valence-corrected chi connectivity index (χ4v) is 4.72. The molecule has 0 bridgehead atoms. The fraction of sp³-hybridized carbons (Fsp3) is 0.125. The molecule has 3 aromatic carbocycles. The summed E-state index contributed by atoms with van der Waals surface area (Å²) >= 11 is 3.57. The number of nitrogens with zero attached hydrogens (tertiary/aromatic N) is 2. The molecule has 0 aliphatic carbocycles. The van der Waals surface area contributed by atoms with Crippen LogP contribution in [0.1, 0.15) is 37.9 Å². The van der Waals surface area contributed by atoms with Crippen LogP contribution in [-0.2, 0) is 4.79 Å². The molecule has 5 rings (SSSR count). The second-order valence-corrected chi connectivity index (χ2v) is 8.34. The van der Waals surface area contributed by atoms with Crippen molar-refractivity contribution < 1.29 is 14.4 Å². The van der Waals surface area contributed by atoms with E-state index in [0.717, 1.165) is 26.2 Å². The lowest BCUT2D eigenvalue weighted by Gasteiger charge is -2.50. The van der Waals surface area contributed by atoms with Gasteiger partial charge in [0.2, 0.25) is 0 Å². The van der Waals surface area contributed by atoms with Gasteiger partial charge in [-0.15, -0.1) is 0 Å². The molecule has 5 nitrogen and oxygen atoms in total. The fourth-order valence-electron chi connectivity index (χ4n) is 4.20. The standard InChI is InChI=1S/C24H17BrN2O3/c1-14-10-12-15(13-11-14)26-20(18-8-4-5-9-19(18)25)21(24(26)30)27-22(28)16-6-2-3-7-17(16)23(27)29/h2-13,20-21H,1H3/t20-,21+/m0/s1. The first-order valence-corrected chi connectivity index (χ1v) is 10.4. The van der Waals surface area contributed by atoms with Crippen molar-refractivity contribution in [3.63, 3.8) is 0 Å². The van der Waals surface area contributed by atoms with Crippen LogP contribution in [0.25, 0.3) is 0 Å². The zero-order chi connectivity index (χ0) is 21.0. The van der Waals surface area contributed by atoms with E-state index in [1.165, 1.54) is 0 Å². The summed E-state index contributed by atoms with van der Waals surface area (Å²) in [4.78, 5) is 42.2. The number of imide groups is 1. The molecule has 2 atom stereocenters. The molecular formula is C24H17BrN2O3. The molecule has 3 amide bonds. The van der Waals surface area contributed by atoms with E-state index >= 15 is 0 Å². The third kappa shape index (κ3) is 2.64. The van der Waals surface area contributed by atoms with Gasteiger partial charge in [0.05, 0.1) is 17.2 Å². The Morgan fingerprint density at radius 3 is 1.87 bits per heavy atom. The molecule has 0 N–H and O–H groups in total. The maximum Gasteiger partial charge on any atom is 0.262 e. The average molecular weight is 461 g/mol. The molecule has 2 aliphatic rings. The van der Waals surface area contributed by atoms with Crippen molar-refractivity contribution in [2.24, 2.45) is 0 Å². The van der Waals surface area contributed by atoms with Crippen LogP contribution < -0.4 is 4.90 Å². The molecule has 0 saturated carbocycles. The highest BCUT2D eigenvalue weighted by molar-refractivity contribution is 9.10. The van der Waals surface area contributed by atoms with Crippen LogP contribution in [0, 0.1) is 6.92 Å². The van der Waals surface area contributed by atoms with Gasteiger partial charge in [0.15, 0.2) is 0 Å². The van der Waals surface area contributed by atoms with E-state index in [0.29, 0.717) is 11.1 Å². The highest BCUT2D eigenvalue weighted by Crippen LogP contribution is 2.45. The van der Waals surface area contributed by atoms with Crippen molar-refractivity contribution in [1.29, 1.82) is 0 Å². The normalized spacial score (nSPS) is 20.4. The summed E-state index contributed by atoms with van der Waals surface area (Å²) in [6.07, 6.45) is 0. The first-order chi connectivity index (χ1) is 14.5. The van der Waals surface area contributed by atoms with E-state index in [1.807, 2.05) is 55.5 Å². The van der Waals surface area contributed by atoms with Gasteiger partial charge < -0.3 is 4.90 Å². The predicted octanol–water partition coefficient (Wildman–Crippen LogP) is 4.51. The second kappa shape index (κ2) is 6.92. The molecular weight excluding hydrogens is 444 g/mol. The first-order valence-electron chi connectivity index (χ1n) is 9.60. The van der Waals surface area contributed by atoms with Crippen molar-refractivity contribution in [2.45, 2.75) is 19.0 Å². The lowest BCUT2D eigenvalue weighted by Crippen LogP contribution is -2.67. The molecule has 30 heavy (non-hydrogen) atoms. The van der Waals surface area contributed by atoms with Crippen molar-refractivity contribution in [1.82, 2.24) is 4.90 Å². The van der Waals surface area contributed by atoms with Crippen molar-refractivity contribution in [2.75, 3.05) is 4.90 Å². The van der Waals surface area contributed by atoms with Crippen LogP contribution in [0.15, 0.2) is 77.3 Å². The summed E-state index contributed by atoms with van der Waals surface area (Å²) in [6.45, 7) is 1.98. The summed E-state index contributed by atoms with van der Waals surface area (Å²) < 4.78 is 0.821. The summed E-state index contributed by atoms with van der Waals surface area (Å²) in [6, 6.07) is 20.6. The third-order valence-corrected chi connectivity index (χ3v) is 6.43. The number of β-lactam (4-membered cyclic amide) rings is 1. The molecule has 0 aromatic heterocycles. The molecule has 3 aromatic rings. The van der Waals surface area contributed by atoms with E-state index < -0.39 is 23.9 Å². The van der Waals surface area contributed by atoms with Crippen LogP contribution in [-0.4, -0.2) is 28.7 Å². The molecule has 2 aliphatic heterocycles. The predicted molar refractivity (Wildman–Crippen MR) is 116 cm³/mol. The Morgan fingerprint density at radius 2 is 1.27 bits per heavy atom. The summed E-state index contributed by atoms with van der Waals surface area (Å²) in [5, 5.41) is 0. The van der Waals surface area contributed by atoms with E-state index in [-0.39, 0.29) is 5.91 Å². The molecule has 2 heterocycles. The van der Waals surface area contributed by atoms with Gasteiger partial charge in [-0.1, -0.05) is 64.0 Å². The maximum absolute atomic E-state index is 13.3. The molecule has 0 unspecified atom stereocenters. The highest BCUT2D eigenvalue weighted by atomic mass is 79.9. The van der Waals surface area contributed by atoms with Gasteiger partial charge >= 0.3 is 0 Å². The van der Waals surface area contributed by atoms with Crippen LogP contribution >= 0.6 is 15.9 Å². The Morgan fingerprint density at radius 1 is 0.700 bits per heavy atom. The molecule has 0 radical (unpaired) electrons. The topological polar surface area (TPSA) is 57.7 Å². The number of fused-ring (bicyclic) bond motifs is 1. The lowest BCUT2D eigenvalue weighted by atomic mass is 9.86. The highest BCUT2D eigenvalue weighted by Gasteiger charge is 2.57. The monoisotopic (exact) mass is 460 g/mol. The number of hydrogen-bond acceptors (Lipinski definition) is 3. The van der Waals surface area contributed by atoms with Gasteiger partial charge in [0.25, 0.3) is 17.7 Å². The van der Waals surface area contributed by atoms with Gasteiger partial charge in [-0.05, 0) is 42.8 Å². The Kier molecular flexibility index (Phi) is 4.33. The minimum Gasteiger partial charge on any atom is -0.300 e. The molecule has 1 fully saturated rings. The Balaban J connectivity index is 1.61. The maximum atomic E-state index is 13.3. The van der Waals surface area contributed by atoms with E-state index in [2.05, 4.69) is 15.9 Å². The number of aryl methyl sites for hydroxylation is 1. The minimum absolute atomic E-state index is 0.269. The van der Waals surface area contributed by atoms with E-state index in [1.54, 1.807) is 29.2 Å². The lowest BCUT2D eigenvalue weighted by molar-refractivity contribution is -0.130. The number of rotatable bonds is 3. The second-order valence-electron chi connectivity index (χ2n) is 7.48. The van der Waals surface area contributed by atoms with Crippen LogP contribution in [0.2, 0.25) is 0 Å². The number of anilines is 1. The number of halogens is 1. The first kappa shape index (κ1) is 18.8. The number of amides is 3. The van der Waals surface area contributed by atoms with E-state index in [4.69, 9.17) is 0 Å². The van der Waals surface area contributed by atoms with Crippen molar-refractivity contribution in [3.8, 4) is 0 Å². The SMILES string of the molecule is Cc1ccc(N2C(=O)[C@H](N3C(=O)c4ccccc4C3=O)[C@@H]2c2ccccc2Br)cc1. The average Bonchev–Trinajstić information content (AvgIpc) is 3.00. The molecule has 0 spiro atoms. The largest absolute Gasteiger partial charge is 0.300 e. The van der Waals surface area contributed by atoms with Crippen LogP contribution in [0.4, 0.5) is 5.69 Å². The van der Waals surface area contributed by atoms with Crippen molar-refractivity contribution >= 4 is 39.3 Å². The Labute approximate surface area is 182 Å². The van der Waals surface area contributed by atoms with Gasteiger partial charge in [-0.25, -0.2) is 0 Å². The van der Waals surface area contributed by atoms with Gasteiger partial charge in [0, 0.05) is 10.2 Å². The minimum atomic E-state index is -0.891. The zero-order valence-electron chi connectivity index (χ0n) is 16.1. The van der Waals surface area contributed by atoms with Crippen LogP contribution in [0.3, 0.4) is 0 Å². The van der Waals surface area contributed by atoms with Gasteiger partial charge in [0.1, 0.15) is 6.04 Å². The van der Waals surface area contributed by atoms with E-state index in [9.17, 15) is 14.4 Å². The molecule has 148 valence electrons. The molecule has 6 heteroatoms. The third-order valence-electron chi connectivity index (χ3n) is 5.71. The quantitative estimate of drug-likeness (QED) is 0.426. The zero-order valence-corrected chi connectivity index (χ0v) is 17.7. The number of benzene rings is 3. The number of hydrogen-bond donors (Lipinski definition) is 0. The van der Waals surface area contributed by atoms with Crippen LogP contribution in [0.5, 0.6) is 0 Å². The smallest absolute Gasteiger partial charge is 0.262 e. The summed E-state index contributed by atoms with van der Waals surface area (Å²) in [5.74, 6) is -1.11. The Bertz CT molecular complexity index is 1170. The summed E-state index contributed by atoms with van der Waals surface area (Å²) in [5.41, 5.74) is 3.35. The van der Waals surface area contributed by atoms with Gasteiger partial charge in [-0.3, -0.25) is 19.3 Å². The number of carbonyl (C=O) groups is 3. The van der Waals surface area contributed by atoms with Gasteiger partial charge in [-0.2, -0.15) is 0 Å². The number of carbonyl (C=O) groups excluding carboxylic acids is 3. The summed E-state index contributed by atoms with van der Waals surface area (Å²) in [7, 11) is 0.